The molecule has 1 heterocycles. The van der Waals surface area contributed by atoms with Crippen molar-refractivity contribution in [1.82, 2.24) is 9.97 Å². The summed E-state index contributed by atoms with van der Waals surface area (Å²) in [7, 11) is 0. The van der Waals surface area contributed by atoms with E-state index in [0.717, 1.165) is 17.2 Å². The van der Waals surface area contributed by atoms with E-state index in [4.69, 9.17) is 0 Å². The van der Waals surface area contributed by atoms with Crippen LogP contribution in [0.1, 0.15) is 50.9 Å². The fraction of sp³-hybridized carbons (Fsp3) is 0.714. The summed E-state index contributed by atoms with van der Waals surface area (Å²) in [6.45, 7) is 8.71. The maximum atomic E-state index is 4.56. The average Bonchev–Trinajstić information content (AvgIpc) is 2.26. The number of hydrogen-bond donors (Lipinski definition) is 1. The van der Waals surface area contributed by atoms with Crippen LogP contribution in [0.15, 0.2) is 6.20 Å². The Morgan fingerprint density at radius 3 is 2.76 bits per heavy atom. The minimum absolute atomic E-state index is 0.357. The first-order chi connectivity index (χ1) is 7.99. The summed E-state index contributed by atoms with van der Waals surface area (Å²) < 4.78 is 0. The molecule has 0 bridgehead atoms. The van der Waals surface area contributed by atoms with Crippen molar-refractivity contribution in [3.8, 4) is 0 Å². The Kier molecular flexibility index (Phi) is 3.36. The number of nitrogens with one attached hydrogen (secondary N) is 1. The molecule has 0 aliphatic heterocycles. The maximum absolute atomic E-state index is 4.56. The van der Waals surface area contributed by atoms with E-state index in [1.165, 1.54) is 25.7 Å². The average molecular weight is 233 g/mol. The van der Waals surface area contributed by atoms with E-state index in [2.05, 4.69) is 29.1 Å². The van der Waals surface area contributed by atoms with Gasteiger partial charge in [0.1, 0.15) is 5.82 Å². The van der Waals surface area contributed by atoms with Crippen LogP contribution in [0.3, 0.4) is 0 Å². The zero-order valence-corrected chi connectivity index (χ0v) is 11.4. The Bertz CT molecular complexity index is 398. The molecular weight excluding hydrogens is 210 g/mol. The maximum Gasteiger partial charge on any atom is 0.147 e. The molecule has 0 radical (unpaired) electrons. The van der Waals surface area contributed by atoms with Gasteiger partial charge >= 0.3 is 0 Å². The second kappa shape index (κ2) is 4.63. The normalized spacial score (nSPS) is 23.4. The lowest BCUT2D eigenvalue weighted by molar-refractivity contribution is 0.216. The lowest BCUT2D eigenvalue weighted by atomic mass is 9.73. The van der Waals surface area contributed by atoms with Crippen LogP contribution >= 0.6 is 0 Å². The first-order valence-corrected chi connectivity index (χ1v) is 6.56. The summed E-state index contributed by atoms with van der Waals surface area (Å²) in [4.78, 5) is 8.93. The summed E-state index contributed by atoms with van der Waals surface area (Å²) >= 11 is 0. The molecule has 1 aromatic heterocycles. The Balaban J connectivity index is 2.16. The molecule has 1 atom stereocenters. The predicted octanol–water partition coefficient (Wildman–Crippen LogP) is 3.47. The summed E-state index contributed by atoms with van der Waals surface area (Å²) in [6.07, 6.45) is 7.03. The van der Waals surface area contributed by atoms with Crippen molar-refractivity contribution < 1.29 is 0 Å². The standard InChI is InChI=1S/C14H23N3/c1-10-9-15-11(2)13(16-10)17-12-7-5-6-8-14(12,3)4/h9,12H,5-8H2,1-4H3,(H,16,17). The Morgan fingerprint density at radius 1 is 1.29 bits per heavy atom. The summed E-state index contributed by atoms with van der Waals surface area (Å²) in [5.41, 5.74) is 2.33. The number of nitrogens with zero attached hydrogens (tertiary/aromatic N) is 2. The third-order valence-electron chi connectivity index (χ3n) is 3.89. The van der Waals surface area contributed by atoms with Gasteiger partial charge in [-0.1, -0.05) is 26.7 Å². The highest BCUT2D eigenvalue weighted by Crippen LogP contribution is 2.37. The quantitative estimate of drug-likeness (QED) is 0.850. The van der Waals surface area contributed by atoms with Gasteiger partial charge in [-0.3, -0.25) is 4.98 Å². The van der Waals surface area contributed by atoms with Crippen molar-refractivity contribution in [3.63, 3.8) is 0 Å². The first kappa shape index (κ1) is 12.3. The SMILES string of the molecule is Cc1cnc(C)c(NC2CCCCC2(C)C)n1. The number of hydrogen-bond acceptors (Lipinski definition) is 3. The van der Waals surface area contributed by atoms with E-state index in [1.807, 2.05) is 20.0 Å². The van der Waals surface area contributed by atoms with Crippen LogP contribution in [0.4, 0.5) is 5.82 Å². The fourth-order valence-corrected chi connectivity index (χ4v) is 2.60. The Morgan fingerprint density at radius 2 is 2.06 bits per heavy atom. The minimum atomic E-state index is 0.357. The van der Waals surface area contributed by atoms with Crippen molar-refractivity contribution in [2.45, 2.75) is 59.4 Å². The topological polar surface area (TPSA) is 37.8 Å². The molecule has 17 heavy (non-hydrogen) atoms. The van der Waals surface area contributed by atoms with Crippen LogP contribution in [-0.4, -0.2) is 16.0 Å². The van der Waals surface area contributed by atoms with E-state index < -0.39 is 0 Å². The van der Waals surface area contributed by atoms with E-state index in [-0.39, 0.29) is 0 Å². The van der Waals surface area contributed by atoms with Gasteiger partial charge in [0.2, 0.25) is 0 Å². The Hall–Kier alpha value is -1.12. The van der Waals surface area contributed by atoms with Gasteiger partial charge in [0, 0.05) is 12.2 Å². The molecule has 1 fully saturated rings. The second-order valence-corrected chi connectivity index (χ2v) is 5.88. The molecule has 1 saturated carbocycles. The predicted molar refractivity (Wildman–Crippen MR) is 71.2 cm³/mol. The van der Waals surface area contributed by atoms with Crippen LogP contribution in [0.2, 0.25) is 0 Å². The zero-order chi connectivity index (χ0) is 12.5. The smallest absolute Gasteiger partial charge is 0.147 e. The molecule has 1 N–H and O–H groups in total. The highest BCUT2D eigenvalue weighted by molar-refractivity contribution is 5.41. The summed E-state index contributed by atoms with van der Waals surface area (Å²) in [5.74, 6) is 0.963. The van der Waals surface area contributed by atoms with E-state index in [9.17, 15) is 0 Å². The van der Waals surface area contributed by atoms with Gasteiger partial charge in [-0.05, 0) is 32.1 Å². The van der Waals surface area contributed by atoms with Gasteiger partial charge in [-0.25, -0.2) is 4.98 Å². The van der Waals surface area contributed by atoms with E-state index >= 15 is 0 Å². The molecule has 1 aromatic rings. The molecule has 94 valence electrons. The number of rotatable bonds is 2. The molecule has 2 rings (SSSR count). The van der Waals surface area contributed by atoms with E-state index in [0.29, 0.717) is 11.5 Å². The molecule has 1 aliphatic rings. The number of anilines is 1. The molecule has 0 amide bonds. The molecule has 1 aliphatic carbocycles. The van der Waals surface area contributed by atoms with Gasteiger partial charge in [-0.2, -0.15) is 0 Å². The summed E-state index contributed by atoms with van der Waals surface area (Å²) in [5, 5.41) is 3.61. The molecule has 1 unspecified atom stereocenters. The van der Waals surface area contributed by atoms with Crippen LogP contribution in [0, 0.1) is 19.3 Å². The van der Waals surface area contributed by atoms with Gasteiger partial charge in [0.25, 0.3) is 0 Å². The lowest BCUT2D eigenvalue weighted by Crippen LogP contribution is -2.39. The lowest BCUT2D eigenvalue weighted by Gasteiger charge is -2.39. The molecule has 3 nitrogen and oxygen atoms in total. The van der Waals surface area contributed by atoms with Crippen LogP contribution in [-0.2, 0) is 0 Å². The monoisotopic (exact) mass is 233 g/mol. The highest BCUT2D eigenvalue weighted by Gasteiger charge is 2.32. The van der Waals surface area contributed by atoms with Crippen molar-refractivity contribution in [2.75, 3.05) is 5.32 Å². The molecule has 3 heteroatoms. The zero-order valence-electron chi connectivity index (χ0n) is 11.4. The fourth-order valence-electron chi connectivity index (χ4n) is 2.60. The van der Waals surface area contributed by atoms with E-state index in [1.54, 1.807) is 0 Å². The summed E-state index contributed by atoms with van der Waals surface area (Å²) in [6, 6.07) is 0.519. The molecule has 0 aromatic carbocycles. The molecule has 0 spiro atoms. The van der Waals surface area contributed by atoms with Crippen molar-refractivity contribution in [3.05, 3.63) is 17.6 Å². The highest BCUT2D eigenvalue weighted by atomic mass is 15.1. The Labute approximate surface area is 104 Å². The van der Waals surface area contributed by atoms with Crippen molar-refractivity contribution >= 4 is 5.82 Å². The van der Waals surface area contributed by atoms with Gasteiger partial charge < -0.3 is 5.32 Å². The second-order valence-electron chi connectivity index (χ2n) is 5.88. The third-order valence-corrected chi connectivity index (χ3v) is 3.89. The van der Waals surface area contributed by atoms with Crippen molar-refractivity contribution in [2.24, 2.45) is 5.41 Å². The van der Waals surface area contributed by atoms with Crippen LogP contribution < -0.4 is 5.32 Å². The van der Waals surface area contributed by atoms with Gasteiger partial charge in [0.15, 0.2) is 0 Å². The van der Waals surface area contributed by atoms with Crippen molar-refractivity contribution in [1.29, 1.82) is 0 Å². The van der Waals surface area contributed by atoms with Crippen LogP contribution in [0.5, 0.6) is 0 Å². The largest absolute Gasteiger partial charge is 0.365 e. The van der Waals surface area contributed by atoms with Gasteiger partial charge in [0.05, 0.1) is 11.4 Å². The number of aromatic nitrogens is 2. The van der Waals surface area contributed by atoms with Crippen LogP contribution in [0.25, 0.3) is 0 Å². The van der Waals surface area contributed by atoms with Gasteiger partial charge in [-0.15, -0.1) is 0 Å². The third kappa shape index (κ3) is 2.76. The minimum Gasteiger partial charge on any atom is -0.365 e. The number of aryl methyl sites for hydroxylation is 2. The first-order valence-electron chi connectivity index (χ1n) is 6.56. The molecular formula is C14H23N3. The molecule has 0 saturated heterocycles.